The van der Waals surface area contributed by atoms with E-state index in [1.54, 1.807) is 26.2 Å². The molecule has 4 aromatic carbocycles. The number of methoxy groups -OCH3 is 2. The minimum atomic E-state index is -0.223. The number of para-hydroxylation sites is 2. The second-order valence-electron chi connectivity index (χ2n) is 11.3. The summed E-state index contributed by atoms with van der Waals surface area (Å²) in [6.07, 6.45) is 2.89. The van der Waals surface area contributed by atoms with Crippen LogP contribution in [0.4, 0.5) is 5.69 Å². The number of ether oxygens (including phenoxy) is 3. The van der Waals surface area contributed by atoms with Gasteiger partial charge in [0.15, 0.2) is 22.9 Å². The van der Waals surface area contributed by atoms with Gasteiger partial charge in [0.05, 0.1) is 31.6 Å². The minimum absolute atomic E-state index is 0.136. The van der Waals surface area contributed by atoms with Crippen LogP contribution in [0.25, 0.3) is 0 Å². The van der Waals surface area contributed by atoms with Crippen LogP contribution in [0.2, 0.25) is 0 Å². The topological polar surface area (TPSA) is 48.0 Å². The number of unbranched alkanes of at least 4 members (excludes halogenated alkanes) is 1. The molecule has 0 saturated heterocycles. The molecule has 6 nitrogen and oxygen atoms in total. The summed E-state index contributed by atoms with van der Waals surface area (Å²) < 4.78 is 17.4. The lowest BCUT2D eigenvalue weighted by molar-refractivity contribution is -0.127. The van der Waals surface area contributed by atoms with Gasteiger partial charge in [0.2, 0.25) is 0 Å². The van der Waals surface area contributed by atoms with E-state index in [-0.39, 0.29) is 15.7 Å². The van der Waals surface area contributed by atoms with Crippen LogP contribution in [-0.2, 0) is 17.8 Å². The Morgan fingerprint density at radius 2 is 1.50 bits per heavy atom. The molecule has 1 heterocycles. The summed E-state index contributed by atoms with van der Waals surface area (Å²) in [5.74, 6) is 2.24. The number of rotatable bonds is 14. The lowest BCUT2D eigenvalue weighted by Crippen LogP contribution is -2.51. The zero-order valence-electron chi connectivity index (χ0n) is 26.2. The van der Waals surface area contributed by atoms with E-state index < -0.39 is 0 Å². The van der Waals surface area contributed by atoms with Gasteiger partial charge in [-0.2, -0.15) is 3.89 Å². The van der Waals surface area contributed by atoms with Crippen molar-refractivity contribution in [2.45, 2.75) is 43.5 Å². The summed E-state index contributed by atoms with van der Waals surface area (Å²) in [4.78, 5) is 17.8. The van der Waals surface area contributed by atoms with Crippen LogP contribution >= 0.6 is 11.9 Å². The first-order chi connectivity index (χ1) is 21.4. The molecule has 2 unspecified atom stereocenters. The summed E-state index contributed by atoms with van der Waals surface area (Å²) in [6.45, 7) is 5.11. The monoisotopic (exact) mass is 611 g/mol. The lowest BCUT2D eigenvalue weighted by Gasteiger charge is -2.39. The Bertz CT molecular complexity index is 1550. The second-order valence-corrected chi connectivity index (χ2v) is 12.6. The van der Waals surface area contributed by atoms with E-state index in [1.165, 1.54) is 5.56 Å². The highest BCUT2D eigenvalue weighted by Gasteiger charge is 2.51. The standard InChI is InChI=1S/C37H43N2O4S/c1-28-31-16-8-11-19-36(31)44-39(37(28)40,27-30-14-6-5-7-15-30)32-17-9-10-18-33(32)43-25-13-12-23-38(2)24-22-29-20-21-34(41-3)35(26-29)42-4/h5-11,14-21,26,28H,12-13,22-25,27H2,1-4H3/q+1. The van der Waals surface area contributed by atoms with Crippen molar-refractivity contribution >= 4 is 23.5 Å². The van der Waals surface area contributed by atoms with Gasteiger partial charge in [-0.15, -0.1) is 0 Å². The van der Waals surface area contributed by atoms with Crippen LogP contribution in [0.15, 0.2) is 102 Å². The molecule has 230 valence electrons. The average Bonchev–Trinajstić information content (AvgIpc) is 3.06. The first-order valence-corrected chi connectivity index (χ1v) is 16.1. The summed E-state index contributed by atoms with van der Waals surface area (Å²) in [7, 11) is 5.48. The Hall–Kier alpha value is -3.78. The molecule has 44 heavy (non-hydrogen) atoms. The number of carbonyl (C=O) groups is 1. The van der Waals surface area contributed by atoms with Crippen LogP contribution in [0.5, 0.6) is 17.2 Å². The highest BCUT2D eigenvalue weighted by molar-refractivity contribution is 7.99. The number of nitrogens with zero attached hydrogens (tertiary/aromatic N) is 2. The molecule has 0 aromatic heterocycles. The first-order valence-electron chi connectivity index (χ1n) is 15.3. The van der Waals surface area contributed by atoms with Crippen molar-refractivity contribution in [2.24, 2.45) is 0 Å². The summed E-state index contributed by atoms with van der Waals surface area (Å²) in [6, 6.07) is 32.8. The maximum absolute atomic E-state index is 14.3. The summed E-state index contributed by atoms with van der Waals surface area (Å²) >= 11 is 1.62. The van der Waals surface area contributed by atoms with Crippen molar-refractivity contribution in [3.05, 3.63) is 114 Å². The van der Waals surface area contributed by atoms with Crippen molar-refractivity contribution in [1.82, 2.24) is 8.79 Å². The van der Waals surface area contributed by atoms with Gasteiger partial charge >= 0.3 is 5.91 Å². The number of benzene rings is 4. The van der Waals surface area contributed by atoms with Crippen LogP contribution in [0.3, 0.4) is 0 Å². The average molecular weight is 612 g/mol. The van der Waals surface area contributed by atoms with E-state index in [9.17, 15) is 4.79 Å². The predicted octanol–water partition coefficient (Wildman–Crippen LogP) is 7.90. The molecule has 0 bridgehead atoms. The Balaban J connectivity index is 1.24. The van der Waals surface area contributed by atoms with Gasteiger partial charge < -0.3 is 19.1 Å². The largest absolute Gasteiger partial charge is 0.493 e. The van der Waals surface area contributed by atoms with Crippen LogP contribution < -0.4 is 18.1 Å². The van der Waals surface area contributed by atoms with Crippen molar-refractivity contribution in [3.8, 4) is 17.2 Å². The maximum atomic E-state index is 14.3. The maximum Gasteiger partial charge on any atom is 0.338 e. The molecule has 0 N–H and O–H groups in total. The number of hydrogen-bond acceptors (Lipinski definition) is 6. The zero-order chi connectivity index (χ0) is 30.9. The van der Waals surface area contributed by atoms with E-state index in [0.717, 1.165) is 71.3 Å². The fraction of sp³-hybridized carbons (Fsp3) is 0.324. The van der Waals surface area contributed by atoms with Gasteiger partial charge in [-0.1, -0.05) is 66.7 Å². The summed E-state index contributed by atoms with van der Waals surface area (Å²) in [5, 5.41) is 0. The van der Waals surface area contributed by atoms with Crippen molar-refractivity contribution in [2.75, 3.05) is 41.0 Å². The highest BCUT2D eigenvalue weighted by Crippen LogP contribution is 2.51. The summed E-state index contributed by atoms with van der Waals surface area (Å²) in [5.41, 5.74) is 4.34. The molecule has 0 fully saturated rings. The fourth-order valence-electron chi connectivity index (χ4n) is 5.80. The molecule has 4 aromatic rings. The van der Waals surface area contributed by atoms with E-state index in [4.69, 9.17) is 14.2 Å². The second kappa shape index (κ2) is 14.8. The highest BCUT2D eigenvalue weighted by atomic mass is 32.2. The normalized spacial score (nSPS) is 17.8. The van der Waals surface area contributed by atoms with Gasteiger partial charge in [0.25, 0.3) is 0 Å². The van der Waals surface area contributed by atoms with Gasteiger partial charge in [0.1, 0.15) is 18.5 Å². The number of fused-ring (bicyclic) bond motifs is 1. The SMILES string of the molecule is COc1ccc(CCN(C)CCCCOc2ccccc2[N+]2(Cc3ccccc3)Sc3ccccc3C(C)C2=O)cc1OC. The van der Waals surface area contributed by atoms with E-state index in [2.05, 4.69) is 60.5 Å². The molecular weight excluding hydrogens is 568 g/mol. The third kappa shape index (κ3) is 7.12. The molecule has 7 heteroatoms. The van der Waals surface area contributed by atoms with Crippen molar-refractivity contribution < 1.29 is 19.0 Å². The third-order valence-corrected chi connectivity index (χ3v) is 9.68. The first kappa shape index (κ1) is 31.6. The third-order valence-electron chi connectivity index (χ3n) is 8.29. The van der Waals surface area contributed by atoms with Crippen LogP contribution in [0, 0.1) is 0 Å². The van der Waals surface area contributed by atoms with Gasteiger partial charge in [-0.25, -0.2) is 4.79 Å². The molecule has 1 aliphatic rings. The number of quaternary nitrogens is 1. The molecule has 1 aliphatic heterocycles. The molecule has 5 rings (SSSR count). The molecule has 1 amide bonds. The Morgan fingerprint density at radius 1 is 0.773 bits per heavy atom. The number of amides is 1. The molecule has 0 aliphatic carbocycles. The number of carbonyl (C=O) groups excluding carboxylic acids is 1. The van der Waals surface area contributed by atoms with E-state index in [0.29, 0.717) is 13.2 Å². The molecule has 0 radical (unpaired) electrons. The van der Waals surface area contributed by atoms with Crippen molar-refractivity contribution in [1.29, 1.82) is 0 Å². The van der Waals surface area contributed by atoms with Gasteiger partial charge in [-0.05, 0) is 75.2 Å². The Labute approximate surface area is 266 Å². The van der Waals surface area contributed by atoms with E-state index in [1.807, 2.05) is 55.5 Å². The quantitative estimate of drug-likeness (QED) is 0.0821. The molecule has 0 spiro atoms. The fourth-order valence-corrected chi connectivity index (χ4v) is 7.33. The van der Waals surface area contributed by atoms with E-state index >= 15 is 0 Å². The lowest BCUT2D eigenvalue weighted by atomic mass is 9.98. The predicted molar refractivity (Wildman–Crippen MR) is 180 cm³/mol. The molecule has 0 saturated carbocycles. The number of hydrogen-bond donors (Lipinski definition) is 0. The smallest absolute Gasteiger partial charge is 0.338 e. The number of likely N-dealkylation sites (N-methyl/N-ethyl adjacent to an activating group) is 1. The zero-order valence-corrected chi connectivity index (χ0v) is 27.0. The van der Waals surface area contributed by atoms with Gasteiger partial charge in [0, 0.05) is 18.2 Å². The van der Waals surface area contributed by atoms with Crippen LogP contribution in [-0.4, -0.2) is 51.8 Å². The Morgan fingerprint density at radius 3 is 2.30 bits per heavy atom. The van der Waals surface area contributed by atoms with Crippen molar-refractivity contribution in [3.63, 3.8) is 0 Å². The molecular formula is C37H43N2O4S+. The van der Waals surface area contributed by atoms with Gasteiger partial charge in [-0.3, -0.25) is 0 Å². The molecule has 2 atom stereocenters. The minimum Gasteiger partial charge on any atom is -0.493 e. The Kier molecular flexibility index (Phi) is 10.6. The van der Waals surface area contributed by atoms with Crippen LogP contribution in [0.1, 0.15) is 42.4 Å².